The Morgan fingerprint density at radius 3 is 1.25 bits per heavy atom. The van der Waals surface area contributed by atoms with Gasteiger partial charge in [-0.15, -0.1) is 0 Å². The van der Waals surface area contributed by atoms with Crippen molar-refractivity contribution in [1.82, 2.24) is 0 Å². The molecule has 0 atom stereocenters. The maximum absolute atomic E-state index is 9.59. The molecule has 2 heterocycles. The Kier molecular flexibility index (Phi) is 40.1. The van der Waals surface area contributed by atoms with Crippen molar-refractivity contribution in [3.8, 4) is 0 Å². The first kappa shape index (κ1) is 28.8. The van der Waals surface area contributed by atoms with Crippen LogP contribution in [0, 0.1) is 0 Å². The number of aliphatic hydroxyl groups is 1. The molecule has 1 N–H and O–H groups in total. The molecule has 2 saturated heterocycles. The number of carbonyl (C=O) groups excluding carboxylic acids is 1. The van der Waals surface area contributed by atoms with E-state index in [2.05, 4.69) is 4.74 Å². The fourth-order valence-corrected chi connectivity index (χ4v) is 0.589. The van der Waals surface area contributed by atoms with E-state index >= 15 is 0 Å². The third-order valence-electron chi connectivity index (χ3n) is 1.36. The van der Waals surface area contributed by atoms with Crippen LogP contribution in [0.1, 0.15) is 13.8 Å². The molecule has 0 aromatic rings. The summed E-state index contributed by atoms with van der Waals surface area (Å²) in [5.74, 6) is -0.245. The molecule has 2 rings (SSSR count). The second kappa shape index (κ2) is 27.9. The summed E-state index contributed by atoms with van der Waals surface area (Å²) in [5, 5.41) is 7.57. The van der Waals surface area contributed by atoms with Crippen molar-refractivity contribution in [2.24, 2.45) is 0 Å². The average molecular weight is 636 g/mol. The van der Waals surface area contributed by atoms with E-state index in [1.165, 1.54) is 14.0 Å². The molecule has 2 aliphatic rings. The summed E-state index contributed by atoms with van der Waals surface area (Å²) in [5.41, 5.74) is 0. The van der Waals surface area contributed by atoms with E-state index in [9.17, 15) is 4.79 Å². The third kappa shape index (κ3) is 36.3. The van der Waals surface area contributed by atoms with E-state index in [0.717, 1.165) is 26.4 Å². The number of rotatable bonds is 0. The van der Waals surface area contributed by atoms with Crippen LogP contribution in [-0.2, 0) is 70.6 Å². The molecule has 122 valence electrons. The van der Waals surface area contributed by atoms with Crippen molar-refractivity contribution in [3.05, 3.63) is 0 Å². The monoisotopic (exact) mass is 636 g/mol. The minimum absolute atomic E-state index is 0. The van der Waals surface area contributed by atoms with Gasteiger partial charge in [-0.25, -0.2) is 0 Å². The Morgan fingerprint density at radius 1 is 1.00 bits per heavy atom. The molecule has 0 radical (unpaired) electrons. The first-order valence-corrected chi connectivity index (χ1v) is 5.65. The van der Waals surface area contributed by atoms with Gasteiger partial charge in [-0.2, -0.15) is 0 Å². The molecule has 0 saturated carbocycles. The van der Waals surface area contributed by atoms with E-state index in [-0.39, 0.29) is 54.7 Å². The summed E-state index contributed by atoms with van der Waals surface area (Å²) in [6, 6.07) is 0. The molecular formula is C11H24O7W2. The summed E-state index contributed by atoms with van der Waals surface area (Å²) in [4.78, 5) is 9.59. The molecule has 20 heavy (non-hydrogen) atoms. The van der Waals surface area contributed by atoms with Crippen LogP contribution in [0.3, 0.4) is 0 Å². The van der Waals surface area contributed by atoms with Crippen LogP contribution < -0.4 is 0 Å². The number of hydrogen-bond donors (Lipinski definition) is 1. The third-order valence-corrected chi connectivity index (χ3v) is 1.36. The summed E-state index contributed by atoms with van der Waals surface area (Å²) in [6.45, 7) is 7.40. The van der Waals surface area contributed by atoms with Gasteiger partial charge in [0.05, 0.1) is 33.5 Å². The van der Waals surface area contributed by atoms with Gasteiger partial charge in [-0.3, -0.25) is 4.79 Å². The van der Waals surface area contributed by atoms with Crippen LogP contribution >= 0.6 is 0 Å². The van der Waals surface area contributed by atoms with E-state index in [4.69, 9.17) is 24.1 Å². The Morgan fingerprint density at radius 2 is 1.20 bits per heavy atom. The zero-order valence-corrected chi connectivity index (χ0v) is 18.0. The fraction of sp³-hybridized carbons (Fsp3) is 0.909. The molecule has 9 heteroatoms. The smallest absolute Gasteiger partial charge is 0.302 e. The number of methoxy groups -OCH3 is 1. The largest absolute Gasteiger partial charge is 0.469 e. The number of aliphatic hydroxyl groups excluding tert-OH is 1. The first-order chi connectivity index (χ1) is 8.68. The van der Waals surface area contributed by atoms with E-state index in [1.54, 1.807) is 6.92 Å². The average Bonchev–Trinajstić information content (AvgIpc) is 3.08. The number of hydrogen-bond acceptors (Lipinski definition) is 7. The predicted molar refractivity (Wildman–Crippen MR) is 64.0 cm³/mol. The molecule has 0 spiro atoms. The molecule has 0 aromatic carbocycles. The van der Waals surface area contributed by atoms with Crippen LogP contribution in [0.4, 0.5) is 0 Å². The summed E-state index contributed by atoms with van der Waals surface area (Å²) in [7, 11) is 1.35. The van der Waals surface area contributed by atoms with Gasteiger partial charge in [0.2, 0.25) is 0 Å². The van der Waals surface area contributed by atoms with E-state index < -0.39 is 0 Å². The van der Waals surface area contributed by atoms with Crippen molar-refractivity contribution in [3.63, 3.8) is 0 Å². The molecular weight excluding hydrogens is 612 g/mol. The standard InChI is InChI=1S/3C3H6O2.C2H6O.2W/c2*1-2-5-3-4-1;1-3(4)5-2;1-2-3;;/h2*1-3H2;1-2H3;3H,2H2,1H3;;. The zero-order valence-electron chi connectivity index (χ0n) is 12.2. The van der Waals surface area contributed by atoms with Crippen molar-refractivity contribution < 1.29 is 75.7 Å². The minimum Gasteiger partial charge on any atom is -0.469 e. The molecule has 0 aromatic heterocycles. The summed E-state index contributed by atoms with van der Waals surface area (Å²) in [6.07, 6.45) is 0. The van der Waals surface area contributed by atoms with Crippen molar-refractivity contribution in [2.45, 2.75) is 13.8 Å². The fourth-order valence-electron chi connectivity index (χ4n) is 0.589. The van der Waals surface area contributed by atoms with Gasteiger partial charge >= 0.3 is 5.97 Å². The van der Waals surface area contributed by atoms with Gasteiger partial charge in [-0.05, 0) is 6.92 Å². The second-order valence-electron chi connectivity index (χ2n) is 2.88. The first-order valence-electron chi connectivity index (χ1n) is 5.65. The Balaban J connectivity index is -0.0000000841. The van der Waals surface area contributed by atoms with Gasteiger partial charge in [0.1, 0.15) is 13.6 Å². The van der Waals surface area contributed by atoms with Crippen LogP contribution in [0.5, 0.6) is 0 Å². The number of esters is 1. The Bertz CT molecular complexity index is 140. The summed E-state index contributed by atoms with van der Waals surface area (Å²) < 4.78 is 23.0. The Hall–Kier alpha value is 0.647. The van der Waals surface area contributed by atoms with Crippen molar-refractivity contribution >= 4 is 5.97 Å². The van der Waals surface area contributed by atoms with Crippen molar-refractivity contribution in [1.29, 1.82) is 0 Å². The summed E-state index contributed by atoms with van der Waals surface area (Å²) >= 11 is 0. The molecule has 0 amide bonds. The van der Waals surface area contributed by atoms with Crippen LogP contribution in [0.15, 0.2) is 0 Å². The molecule has 0 aliphatic carbocycles. The SMILES string of the molecule is C1COCO1.C1COCO1.CCO.COC(C)=O.[W].[W]. The van der Waals surface area contributed by atoms with Gasteiger partial charge in [-0.1, -0.05) is 0 Å². The van der Waals surface area contributed by atoms with E-state index in [1.807, 2.05) is 0 Å². The molecule has 7 nitrogen and oxygen atoms in total. The van der Waals surface area contributed by atoms with Crippen LogP contribution in [-0.4, -0.2) is 64.8 Å². The van der Waals surface area contributed by atoms with Crippen LogP contribution in [0.2, 0.25) is 0 Å². The van der Waals surface area contributed by atoms with Gasteiger partial charge < -0.3 is 28.8 Å². The molecule has 2 fully saturated rings. The van der Waals surface area contributed by atoms with Gasteiger partial charge in [0.25, 0.3) is 0 Å². The second-order valence-corrected chi connectivity index (χ2v) is 2.88. The quantitative estimate of drug-likeness (QED) is 0.380. The predicted octanol–water partition coefficient (Wildman–Crippen LogP) is 0.154. The zero-order chi connectivity index (χ0) is 14.1. The molecule has 0 bridgehead atoms. The Labute approximate surface area is 149 Å². The van der Waals surface area contributed by atoms with Crippen LogP contribution in [0.25, 0.3) is 0 Å². The van der Waals surface area contributed by atoms with Crippen molar-refractivity contribution in [2.75, 3.05) is 53.7 Å². The number of ether oxygens (including phenoxy) is 5. The molecule has 2 aliphatic heterocycles. The maximum Gasteiger partial charge on any atom is 0.302 e. The van der Waals surface area contributed by atoms with E-state index in [0.29, 0.717) is 13.6 Å². The molecule has 0 unspecified atom stereocenters. The topological polar surface area (TPSA) is 83.5 Å². The van der Waals surface area contributed by atoms with Gasteiger partial charge in [0, 0.05) is 55.7 Å². The van der Waals surface area contributed by atoms with Gasteiger partial charge in [0.15, 0.2) is 0 Å². The minimum atomic E-state index is -0.245. The number of carbonyl (C=O) groups is 1. The maximum atomic E-state index is 9.59. The normalized spacial score (nSPS) is 14.6.